The fraction of sp³-hybridized carbons (Fsp3) is 0.111. The van der Waals surface area contributed by atoms with E-state index in [1.54, 1.807) is 0 Å². The molecule has 0 spiro atoms. The molecule has 0 aliphatic heterocycles. The van der Waals surface area contributed by atoms with E-state index in [0.717, 1.165) is 18.2 Å². The zero-order chi connectivity index (χ0) is 11.9. The van der Waals surface area contributed by atoms with E-state index in [0.29, 0.717) is 0 Å². The summed E-state index contributed by atoms with van der Waals surface area (Å²) in [6.07, 6.45) is -4.55. The summed E-state index contributed by atoms with van der Waals surface area (Å²) in [5.74, 6) is -0.147. The Morgan fingerprint density at radius 1 is 1.19 bits per heavy atom. The SMILES string of the molecule is Oc1ccc2c(C(F)(F)F)nc(Br)nc2c1. The monoisotopic (exact) mass is 292 g/mol. The molecule has 0 aliphatic rings. The van der Waals surface area contributed by atoms with Gasteiger partial charge in [-0.1, -0.05) is 0 Å². The van der Waals surface area contributed by atoms with Crippen LogP contribution in [0.4, 0.5) is 13.2 Å². The second-order valence-corrected chi connectivity index (χ2v) is 3.75. The number of hydrogen-bond acceptors (Lipinski definition) is 3. The fourth-order valence-corrected chi connectivity index (χ4v) is 1.67. The van der Waals surface area contributed by atoms with Gasteiger partial charge in [0.25, 0.3) is 0 Å². The summed E-state index contributed by atoms with van der Waals surface area (Å²) in [7, 11) is 0. The molecule has 0 bridgehead atoms. The van der Waals surface area contributed by atoms with E-state index >= 15 is 0 Å². The van der Waals surface area contributed by atoms with Gasteiger partial charge in [0.1, 0.15) is 5.75 Å². The van der Waals surface area contributed by atoms with Crippen LogP contribution < -0.4 is 0 Å². The highest BCUT2D eigenvalue weighted by atomic mass is 79.9. The number of phenolic OH excluding ortho intramolecular Hbond substituents is 1. The fourth-order valence-electron chi connectivity index (χ4n) is 1.31. The van der Waals surface area contributed by atoms with Crippen molar-refractivity contribution < 1.29 is 18.3 Å². The largest absolute Gasteiger partial charge is 0.508 e. The molecule has 1 aromatic carbocycles. The number of fused-ring (bicyclic) bond motifs is 1. The predicted octanol–water partition coefficient (Wildman–Crippen LogP) is 3.12. The Balaban J connectivity index is 2.83. The molecule has 1 heterocycles. The van der Waals surface area contributed by atoms with Crippen molar-refractivity contribution in [1.29, 1.82) is 0 Å². The Labute approximate surface area is 96.1 Å². The molecule has 0 unspecified atom stereocenters. The van der Waals surface area contributed by atoms with E-state index in [9.17, 15) is 13.2 Å². The summed E-state index contributed by atoms with van der Waals surface area (Å²) >= 11 is 2.80. The van der Waals surface area contributed by atoms with Gasteiger partial charge in [-0.05, 0) is 28.1 Å². The van der Waals surface area contributed by atoms with Gasteiger partial charge in [-0.2, -0.15) is 13.2 Å². The van der Waals surface area contributed by atoms with Crippen LogP contribution in [0.15, 0.2) is 22.9 Å². The zero-order valence-electron chi connectivity index (χ0n) is 7.59. The second kappa shape index (κ2) is 3.58. The lowest BCUT2D eigenvalue weighted by molar-refractivity contribution is -0.139. The first-order chi connectivity index (χ1) is 7.38. The highest BCUT2D eigenvalue weighted by Gasteiger charge is 2.35. The number of benzene rings is 1. The van der Waals surface area contributed by atoms with Crippen molar-refractivity contribution in [1.82, 2.24) is 9.97 Å². The van der Waals surface area contributed by atoms with E-state index in [2.05, 4.69) is 25.9 Å². The molecule has 2 aromatic rings. The quantitative estimate of drug-likeness (QED) is 0.759. The molecule has 16 heavy (non-hydrogen) atoms. The van der Waals surface area contributed by atoms with Crippen molar-refractivity contribution in [3.05, 3.63) is 28.6 Å². The number of nitrogens with zero attached hydrogens (tertiary/aromatic N) is 2. The van der Waals surface area contributed by atoms with Crippen LogP contribution in [-0.4, -0.2) is 15.1 Å². The molecule has 0 saturated heterocycles. The van der Waals surface area contributed by atoms with Gasteiger partial charge in [0.2, 0.25) is 0 Å². The van der Waals surface area contributed by atoms with Gasteiger partial charge in [-0.15, -0.1) is 0 Å². The number of hydrogen-bond donors (Lipinski definition) is 1. The maximum atomic E-state index is 12.6. The standard InChI is InChI=1S/C9H4BrF3N2O/c10-8-14-6-3-4(16)1-2-5(6)7(15-8)9(11,12)13/h1-3,16H. The van der Waals surface area contributed by atoms with Gasteiger partial charge in [0.15, 0.2) is 10.4 Å². The van der Waals surface area contributed by atoms with Crippen LogP contribution in [0, 0.1) is 0 Å². The van der Waals surface area contributed by atoms with E-state index in [1.807, 2.05) is 0 Å². The number of halogens is 4. The Bertz CT molecular complexity index is 551. The van der Waals surface area contributed by atoms with E-state index in [-0.39, 0.29) is 21.4 Å². The summed E-state index contributed by atoms with van der Waals surface area (Å²) in [6.45, 7) is 0. The lowest BCUT2D eigenvalue weighted by Gasteiger charge is -2.09. The molecule has 0 atom stereocenters. The van der Waals surface area contributed by atoms with E-state index in [4.69, 9.17) is 5.11 Å². The average Bonchev–Trinajstić information content (AvgIpc) is 2.14. The van der Waals surface area contributed by atoms with Crippen LogP contribution in [0.2, 0.25) is 0 Å². The summed E-state index contributed by atoms with van der Waals surface area (Å²) in [6, 6.07) is 3.45. The summed E-state index contributed by atoms with van der Waals surface area (Å²) in [5, 5.41) is 9.01. The second-order valence-electron chi connectivity index (χ2n) is 3.04. The Kier molecular flexibility index (Phi) is 2.49. The minimum absolute atomic E-state index is 0.0363. The molecule has 0 fully saturated rings. The maximum Gasteiger partial charge on any atom is 0.434 e. The number of aromatic hydroxyl groups is 1. The smallest absolute Gasteiger partial charge is 0.434 e. The van der Waals surface area contributed by atoms with Gasteiger partial charge >= 0.3 is 6.18 Å². The predicted molar refractivity (Wildman–Crippen MR) is 53.9 cm³/mol. The Morgan fingerprint density at radius 3 is 2.50 bits per heavy atom. The highest BCUT2D eigenvalue weighted by molar-refractivity contribution is 9.10. The molecule has 1 aromatic heterocycles. The topological polar surface area (TPSA) is 46.0 Å². The molecule has 0 saturated carbocycles. The third kappa shape index (κ3) is 1.95. The van der Waals surface area contributed by atoms with Crippen molar-refractivity contribution in [3.8, 4) is 5.75 Å². The van der Waals surface area contributed by atoms with Crippen molar-refractivity contribution in [2.45, 2.75) is 6.18 Å². The maximum absolute atomic E-state index is 12.6. The summed E-state index contributed by atoms with van der Waals surface area (Å²) < 4.78 is 37.7. The lowest BCUT2D eigenvalue weighted by Crippen LogP contribution is -2.09. The molecule has 2 rings (SSSR count). The molecular formula is C9H4BrF3N2O. The van der Waals surface area contributed by atoms with Crippen LogP contribution >= 0.6 is 15.9 Å². The van der Waals surface area contributed by atoms with Crippen molar-refractivity contribution in [3.63, 3.8) is 0 Å². The van der Waals surface area contributed by atoms with Crippen LogP contribution in [0.25, 0.3) is 10.9 Å². The van der Waals surface area contributed by atoms with Crippen LogP contribution in [-0.2, 0) is 6.18 Å². The van der Waals surface area contributed by atoms with Gasteiger partial charge in [-0.3, -0.25) is 0 Å². The van der Waals surface area contributed by atoms with Crippen LogP contribution in [0.3, 0.4) is 0 Å². The van der Waals surface area contributed by atoms with Crippen molar-refractivity contribution >= 4 is 26.8 Å². The van der Waals surface area contributed by atoms with E-state index < -0.39 is 11.9 Å². The zero-order valence-corrected chi connectivity index (χ0v) is 9.17. The van der Waals surface area contributed by atoms with Gasteiger partial charge in [0, 0.05) is 11.5 Å². The molecular weight excluding hydrogens is 289 g/mol. The van der Waals surface area contributed by atoms with Crippen LogP contribution in [0.5, 0.6) is 5.75 Å². The summed E-state index contributed by atoms with van der Waals surface area (Å²) in [5.41, 5.74) is -0.987. The van der Waals surface area contributed by atoms with Gasteiger partial charge < -0.3 is 5.11 Å². The normalized spacial score (nSPS) is 12.0. The number of rotatable bonds is 0. The molecule has 1 N–H and O–H groups in total. The third-order valence-corrected chi connectivity index (χ3v) is 2.28. The number of alkyl halides is 3. The van der Waals surface area contributed by atoms with Crippen molar-refractivity contribution in [2.24, 2.45) is 0 Å². The molecule has 3 nitrogen and oxygen atoms in total. The minimum Gasteiger partial charge on any atom is -0.508 e. The number of phenols is 1. The minimum atomic E-state index is -4.55. The van der Waals surface area contributed by atoms with E-state index in [1.165, 1.54) is 0 Å². The molecule has 0 radical (unpaired) electrons. The number of aromatic nitrogens is 2. The Morgan fingerprint density at radius 2 is 1.88 bits per heavy atom. The Hall–Kier alpha value is -1.37. The first-order valence-corrected chi connectivity index (χ1v) is 4.90. The highest BCUT2D eigenvalue weighted by Crippen LogP contribution is 2.34. The lowest BCUT2D eigenvalue weighted by atomic mass is 10.2. The molecule has 84 valence electrons. The molecule has 0 aliphatic carbocycles. The van der Waals surface area contributed by atoms with Gasteiger partial charge in [-0.25, -0.2) is 9.97 Å². The summed E-state index contributed by atoms with van der Waals surface area (Å²) in [4.78, 5) is 7.06. The molecule has 0 amide bonds. The van der Waals surface area contributed by atoms with Gasteiger partial charge in [0.05, 0.1) is 5.52 Å². The first-order valence-electron chi connectivity index (χ1n) is 4.11. The first kappa shape index (κ1) is 11.1. The average molecular weight is 293 g/mol. The van der Waals surface area contributed by atoms with Crippen LogP contribution in [0.1, 0.15) is 5.69 Å². The van der Waals surface area contributed by atoms with Crippen molar-refractivity contribution in [2.75, 3.05) is 0 Å². The third-order valence-electron chi connectivity index (χ3n) is 1.92. The molecule has 7 heteroatoms.